The average molecular weight is 265 g/mol. The lowest BCUT2D eigenvalue weighted by molar-refractivity contribution is 0.241. The zero-order valence-corrected chi connectivity index (χ0v) is 11.8. The molecule has 106 valence electrons. The molecule has 0 saturated heterocycles. The lowest BCUT2D eigenvalue weighted by Gasteiger charge is -2.11. The molecule has 0 heterocycles. The molecule has 1 atom stereocenters. The number of aliphatic hydroxyl groups excluding tert-OH is 1. The van der Waals surface area contributed by atoms with Crippen LogP contribution in [0, 0.1) is 5.92 Å². The van der Waals surface area contributed by atoms with Gasteiger partial charge in [-0.2, -0.15) is 0 Å². The van der Waals surface area contributed by atoms with Crippen LogP contribution in [-0.2, 0) is 0 Å². The Labute approximate surface area is 114 Å². The molecule has 0 aliphatic carbocycles. The first kappa shape index (κ1) is 15.3. The Morgan fingerprint density at radius 3 is 2.47 bits per heavy atom. The fourth-order valence-corrected chi connectivity index (χ4v) is 1.39. The fraction of sp³-hybridized carbons (Fsp3) is 0.500. The van der Waals surface area contributed by atoms with Gasteiger partial charge >= 0.3 is 0 Å². The molecule has 5 nitrogen and oxygen atoms in total. The molecular weight excluding hydrogens is 242 g/mol. The summed E-state index contributed by atoms with van der Waals surface area (Å²) in [6.45, 7) is 6.50. The summed E-state index contributed by atoms with van der Waals surface area (Å²) in [5.74, 6) is 1.28. The quantitative estimate of drug-likeness (QED) is 0.541. The maximum atomic E-state index is 8.90. The topological polar surface area (TPSA) is 79.9 Å². The van der Waals surface area contributed by atoms with Crippen molar-refractivity contribution >= 4 is 11.6 Å². The molecule has 0 bridgehead atoms. The highest BCUT2D eigenvalue weighted by molar-refractivity contribution is 5.92. The Morgan fingerprint density at radius 1 is 1.32 bits per heavy atom. The van der Waals surface area contributed by atoms with Gasteiger partial charge in [0.05, 0.1) is 6.10 Å². The van der Waals surface area contributed by atoms with Gasteiger partial charge in [-0.05, 0) is 44.0 Å². The molecular formula is C14H23N3O2. The van der Waals surface area contributed by atoms with Crippen molar-refractivity contribution in [2.24, 2.45) is 16.6 Å². The molecule has 0 amide bonds. The summed E-state index contributed by atoms with van der Waals surface area (Å²) >= 11 is 0. The third-order valence-electron chi connectivity index (χ3n) is 2.38. The van der Waals surface area contributed by atoms with Crippen LogP contribution in [0.3, 0.4) is 0 Å². The molecule has 0 spiro atoms. The summed E-state index contributed by atoms with van der Waals surface area (Å²) in [5, 5.41) is 11.9. The highest BCUT2D eigenvalue weighted by Crippen LogP contribution is 2.16. The molecule has 1 aromatic carbocycles. The largest absolute Gasteiger partial charge is 0.491 e. The van der Waals surface area contributed by atoms with Crippen molar-refractivity contribution in [2.45, 2.75) is 26.9 Å². The highest BCUT2D eigenvalue weighted by atomic mass is 16.5. The van der Waals surface area contributed by atoms with E-state index < -0.39 is 0 Å². The summed E-state index contributed by atoms with van der Waals surface area (Å²) < 4.78 is 5.55. The van der Waals surface area contributed by atoms with Gasteiger partial charge in [0.2, 0.25) is 0 Å². The number of aliphatic hydroxyl groups is 1. The monoisotopic (exact) mass is 265 g/mol. The van der Waals surface area contributed by atoms with Crippen LogP contribution >= 0.6 is 0 Å². The van der Waals surface area contributed by atoms with Crippen LogP contribution in [-0.4, -0.2) is 30.3 Å². The van der Waals surface area contributed by atoms with Crippen LogP contribution in [0.4, 0.5) is 5.69 Å². The zero-order valence-electron chi connectivity index (χ0n) is 11.8. The van der Waals surface area contributed by atoms with Crippen LogP contribution in [0.25, 0.3) is 0 Å². The first-order valence-electron chi connectivity index (χ1n) is 6.45. The molecule has 0 saturated carbocycles. The molecule has 1 aromatic rings. The summed E-state index contributed by atoms with van der Waals surface area (Å²) in [6.07, 6.45) is 0.158. The second-order valence-corrected chi connectivity index (χ2v) is 4.83. The Balaban J connectivity index is 2.52. The van der Waals surface area contributed by atoms with Gasteiger partial charge in [-0.25, -0.2) is 0 Å². The number of hydrogen-bond donors (Lipinski definition) is 3. The normalized spacial score (nSPS) is 13.4. The van der Waals surface area contributed by atoms with E-state index in [-0.39, 0.29) is 18.6 Å². The zero-order chi connectivity index (χ0) is 14.3. The van der Waals surface area contributed by atoms with Crippen molar-refractivity contribution in [2.75, 3.05) is 18.5 Å². The molecule has 1 rings (SSSR count). The Morgan fingerprint density at radius 2 is 1.95 bits per heavy atom. The van der Waals surface area contributed by atoms with Crippen molar-refractivity contribution in [3.05, 3.63) is 24.3 Å². The number of ether oxygens (including phenoxy) is 1. The first-order valence-corrected chi connectivity index (χ1v) is 6.45. The predicted octanol–water partition coefficient (Wildman–Crippen LogP) is 1.83. The Bertz CT molecular complexity index is 402. The Hall–Kier alpha value is -1.75. The maximum absolute atomic E-state index is 8.90. The molecule has 5 heteroatoms. The lowest BCUT2D eigenvalue weighted by atomic mass is 10.2. The van der Waals surface area contributed by atoms with Crippen molar-refractivity contribution in [1.29, 1.82) is 0 Å². The number of nitrogens with two attached hydrogens (primary N) is 1. The second kappa shape index (κ2) is 7.63. The number of rotatable bonds is 6. The van der Waals surface area contributed by atoms with Crippen LogP contribution < -0.4 is 15.8 Å². The van der Waals surface area contributed by atoms with Crippen molar-refractivity contribution in [3.63, 3.8) is 0 Å². The minimum atomic E-state index is 0.109. The van der Waals surface area contributed by atoms with Gasteiger partial charge in [0.25, 0.3) is 0 Å². The van der Waals surface area contributed by atoms with Gasteiger partial charge in [0.1, 0.15) is 5.75 Å². The van der Waals surface area contributed by atoms with E-state index in [1.54, 1.807) is 0 Å². The molecule has 0 aliphatic rings. The summed E-state index contributed by atoms with van der Waals surface area (Å²) in [5.41, 5.74) is 6.61. The maximum Gasteiger partial charge on any atom is 0.193 e. The van der Waals surface area contributed by atoms with Gasteiger partial charge in [-0.3, -0.25) is 4.99 Å². The van der Waals surface area contributed by atoms with E-state index in [0.717, 1.165) is 11.4 Å². The van der Waals surface area contributed by atoms with E-state index in [4.69, 9.17) is 15.6 Å². The van der Waals surface area contributed by atoms with Crippen molar-refractivity contribution < 1.29 is 9.84 Å². The van der Waals surface area contributed by atoms with Gasteiger partial charge in [0, 0.05) is 18.8 Å². The second-order valence-electron chi connectivity index (χ2n) is 4.83. The molecule has 0 aliphatic heterocycles. The van der Waals surface area contributed by atoms with Gasteiger partial charge in [0.15, 0.2) is 5.96 Å². The number of nitrogens with zero attached hydrogens (tertiary/aromatic N) is 1. The molecule has 0 aromatic heterocycles. The Kier molecular flexibility index (Phi) is 6.15. The SMILES string of the molecule is CC(CO)CN=C(N)Nc1ccc(OC(C)C)cc1. The minimum absolute atomic E-state index is 0.109. The van der Waals surface area contributed by atoms with E-state index in [1.807, 2.05) is 45.0 Å². The minimum Gasteiger partial charge on any atom is -0.491 e. The van der Waals surface area contributed by atoms with Gasteiger partial charge in [-0.1, -0.05) is 6.92 Å². The van der Waals surface area contributed by atoms with Crippen molar-refractivity contribution in [3.8, 4) is 5.75 Å². The van der Waals surface area contributed by atoms with E-state index in [1.165, 1.54) is 0 Å². The molecule has 4 N–H and O–H groups in total. The van der Waals surface area contributed by atoms with E-state index in [0.29, 0.717) is 12.5 Å². The smallest absolute Gasteiger partial charge is 0.193 e. The molecule has 0 radical (unpaired) electrons. The van der Waals surface area contributed by atoms with Crippen LogP contribution in [0.15, 0.2) is 29.3 Å². The number of hydrogen-bond acceptors (Lipinski definition) is 3. The fourth-order valence-electron chi connectivity index (χ4n) is 1.39. The third kappa shape index (κ3) is 6.10. The van der Waals surface area contributed by atoms with E-state index in [2.05, 4.69) is 10.3 Å². The lowest BCUT2D eigenvalue weighted by Crippen LogP contribution is -2.24. The van der Waals surface area contributed by atoms with E-state index >= 15 is 0 Å². The number of benzene rings is 1. The predicted molar refractivity (Wildman–Crippen MR) is 78.6 cm³/mol. The van der Waals surface area contributed by atoms with Crippen LogP contribution in [0.2, 0.25) is 0 Å². The third-order valence-corrected chi connectivity index (χ3v) is 2.38. The summed E-state index contributed by atoms with van der Waals surface area (Å²) in [6, 6.07) is 7.53. The average Bonchev–Trinajstić information content (AvgIpc) is 2.37. The summed E-state index contributed by atoms with van der Waals surface area (Å²) in [4.78, 5) is 4.15. The van der Waals surface area contributed by atoms with Crippen molar-refractivity contribution in [1.82, 2.24) is 0 Å². The summed E-state index contributed by atoms with van der Waals surface area (Å²) in [7, 11) is 0. The number of guanidine groups is 1. The number of nitrogens with one attached hydrogen (secondary N) is 1. The van der Waals surface area contributed by atoms with Gasteiger partial charge in [-0.15, -0.1) is 0 Å². The molecule has 0 fully saturated rings. The van der Waals surface area contributed by atoms with Crippen LogP contribution in [0.1, 0.15) is 20.8 Å². The van der Waals surface area contributed by atoms with Crippen LogP contribution in [0.5, 0.6) is 5.75 Å². The molecule has 19 heavy (non-hydrogen) atoms. The molecule has 1 unspecified atom stereocenters. The van der Waals surface area contributed by atoms with Gasteiger partial charge < -0.3 is 20.9 Å². The number of aliphatic imine (C=N–C) groups is 1. The first-order chi connectivity index (χ1) is 9.01. The van der Waals surface area contributed by atoms with E-state index in [9.17, 15) is 0 Å². The number of anilines is 1. The highest BCUT2D eigenvalue weighted by Gasteiger charge is 2.01. The standard InChI is InChI=1S/C14H23N3O2/c1-10(2)19-13-6-4-12(5-7-13)17-14(15)16-8-11(3)9-18/h4-7,10-11,18H,8-9H2,1-3H3,(H3,15,16,17).